The van der Waals surface area contributed by atoms with E-state index in [1.54, 1.807) is 35.9 Å². The first-order valence-electron chi connectivity index (χ1n) is 5.73. The number of rotatable bonds is 3. The summed E-state index contributed by atoms with van der Waals surface area (Å²) in [7, 11) is 0. The van der Waals surface area contributed by atoms with Crippen molar-refractivity contribution in [1.29, 1.82) is 0 Å². The SMILES string of the molecule is O=C(/C=C/c1cnc2sccn12)Nc1ccc(Br)cn1. The molecule has 1 N–H and O–H groups in total. The van der Waals surface area contributed by atoms with Crippen molar-refractivity contribution in [3.63, 3.8) is 0 Å². The number of anilines is 1. The smallest absolute Gasteiger partial charge is 0.249 e. The zero-order chi connectivity index (χ0) is 13.9. The Balaban J connectivity index is 1.71. The Kier molecular flexibility index (Phi) is 3.62. The lowest BCUT2D eigenvalue weighted by atomic mass is 10.4. The highest BCUT2D eigenvalue weighted by Gasteiger charge is 2.02. The number of thiazole rings is 1. The molecular formula is C13H9BrN4OS. The molecule has 100 valence electrons. The molecule has 3 aromatic heterocycles. The first kappa shape index (κ1) is 13.0. The van der Waals surface area contributed by atoms with Crippen LogP contribution in [0.1, 0.15) is 5.69 Å². The van der Waals surface area contributed by atoms with E-state index in [1.165, 1.54) is 6.08 Å². The van der Waals surface area contributed by atoms with Gasteiger partial charge in [0.15, 0.2) is 4.96 Å². The van der Waals surface area contributed by atoms with Crippen molar-refractivity contribution >= 4 is 50.0 Å². The van der Waals surface area contributed by atoms with Gasteiger partial charge in [0.1, 0.15) is 5.82 Å². The van der Waals surface area contributed by atoms with Gasteiger partial charge in [-0.1, -0.05) is 0 Å². The summed E-state index contributed by atoms with van der Waals surface area (Å²) in [6.07, 6.45) is 8.46. The number of carbonyl (C=O) groups is 1. The van der Waals surface area contributed by atoms with Gasteiger partial charge in [0.2, 0.25) is 5.91 Å². The molecule has 0 bridgehead atoms. The minimum atomic E-state index is -0.231. The van der Waals surface area contributed by atoms with E-state index in [-0.39, 0.29) is 5.91 Å². The highest BCUT2D eigenvalue weighted by molar-refractivity contribution is 9.10. The molecule has 0 aliphatic rings. The van der Waals surface area contributed by atoms with Crippen LogP contribution in [0.5, 0.6) is 0 Å². The van der Waals surface area contributed by atoms with Crippen molar-refractivity contribution in [2.45, 2.75) is 0 Å². The standard InChI is InChI=1S/C13H9BrN4OS/c14-9-1-3-11(15-7-9)17-12(19)4-2-10-8-16-13-18(10)5-6-20-13/h1-8H,(H,15,17,19)/b4-2+. The maximum atomic E-state index is 11.8. The second kappa shape index (κ2) is 5.56. The molecule has 0 radical (unpaired) electrons. The molecule has 0 aromatic carbocycles. The first-order chi connectivity index (χ1) is 9.72. The molecule has 7 heteroatoms. The van der Waals surface area contributed by atoms with E-state index >= 15 is 0 Å². The lowest BCUT2D eigenvalue weighted by molar-refractivity contribution is -0.111. The first-order valence-corrected chi connectivity index (χ1v) is 7.41. The summed E-state index contributed by atoms with van der Waals surface area (Å²) in [5, 5.41) is 4.64. The van der Waals surface area contributed by atoms with Crippen molar-refractivity contribution in [3.8, 4) is 0 Å². The average Bonchev–Trinajstić information content (AvgIpc) is 3.02. The number of amides is 1. The summed E-state index contributed by atoms with van der Waals surface area (Å²) in [6.45, 7) is 0. The largest absolute Gasteiger partial charge is 0.307 e. The third-order valence-corrected chi connectivity index (χ3v) is 3.80. The van der Waals surface area contributed by atoms with Crippen LogP contribution < -0.4 is 5.32 Å². The highest BCUT2D eigenvalue weighted by atomic mass is 79.9. The zero-order valence-corrected chi connectivity index (χ0v) is 12.6. The molecule has 5 nitrogen and oxygen atoms in total. The van der Waals surface area contributed by atoms with Crippen LogP contribution in [-0.2, 0) is 4.79 Å². The number of nitrogens with zero attached hydrogens (tertiary/aromatic N) is 3. The summed E-state index contributed by atoms with van der Waals surface area (Å²) < 4.78 is 2.79. The summed E-state index contributed by atoms with van der Waals surface area (Å²) >= 11 is 4.84. The molecular weight excluding hydrogens is 340 g/mol. The Morgan fingerprint density at radius 1 is 1.35 bits per heavy atom. The highest BCUT2D eigenvalue weighted by Crippen LogP contribution is 2.14. The molecule has 0 unspecified atom stereocenters. The fourth-order valence-electron chi connectivity index (χ4n) is 1.65. The lowest BCUT2D eigenvalue weighted by Gasteiger charge is -2.00. The van der Waals surface area contributed by atoms with E-state index < -0.39 is 0 Å². The Hall–Kier alpha value is -1.99. The van der Waals surface area contributed by atoms with Crippen LogP contribution in [-0.4, -0.2) is 20.3 Å². The molecule has 0 atom stereocenters. The Bertz CT molecular complexity index is 775. The molecule has 0 aliphatic carbocycles. The van der Waals surface area contributed by atoms with Crippen LogP contribution in [0.3, 0.4) is 0 Å². The number of nitrogens with one attached hydrogen (secondary N) is 1. The van der Waals surface area contributed by atoms with Crippen molar-refractivity contribution in [2.24, 2.45) is 0 Å². The number of pyridine rings is 1. The van der Waals surface area contributed by atoms with Crippen LogP contribution >= 0.6 is 27.3 Å². The predicted molar refractivity (Wildman–Crippen MR) is 82.7 cm³/mol. The van der Waals surface area contributed by atoms with Crippen LogP contribution in [0.4, 0.5) is 5.82 Å². The van der Waals surface area contributed by atoms with E-state index in [0.717, 1.165) is 15.1 Å². The Morgan fingerprint density at radius 3 is 3.05 bits per heavy atom. The molecule has 1 amide bonds. The van der Waals surface area contributed by atoms with Crippen LogP contribution in [0.15, 0.2) is 46.7 Å². The second-order valence-electron chi connectivity index (χ2n) is 3.92. The van der Waals surface area contributed by atoms with Crippen LogP contribution in [0.25, 0.3) is 11.0 Å². The fraction of sp³-hybridized carbons (Fsp3) is 0. The molecule has 3 rings (SSSR count). The molecule has 0 spiro atoms. The number of aromatic nitrogens is 3. The van der Waals surface area contributed by atoms with Gasteiger partial charge in [-0.3, -0.25) is 9.20 Å². The number of hydrogen-bond donors (Lipinski definition) is 1. The molecule has 3 aromatic rings. The average molecular weight is 349 g/mol. The number of carbonyl (C=O) groups excluding carboxylic acids is 1. The third kappa shape index (κ3) is 2.78. The summed E-state index contributed by atoms with van der Waals surface area (Å²) in [5.74, 6) is 0.279. The monoisotopic (exact) mass is 348 g/mol. The number of fused-ring (bicyclic) bond motifs is 1. The Labute approximate surface area is 127 Å². The van der Waals surface area contributed by atoms with E-state index in [4.69, 9.17) is 0 Å². The van der Waals surface area contributed by atoms with Gasteiger partial charge in [-0.15, -0.1) is 11.3 Å². The van der Waals surface area contributed by atoms with Gasteiger partial charge in [-0.05, 0) is 34.1 Å². The van der Waals surface area contributed by atoms with E-state index in [9.17, 15) is 4.79 Å². The van der Waals surface area contributed by atoms with Gasteiger partial charge in [-0.25, -0.2) is 9.97 Å². The fourth-order valence-corrected chi connectivity index (χ4v) is 2.58. The molecule has 0 fully saturated rings. The van der Waals surface area contributed by atoms with E-state index in [0.29, 0.717) is 5.82 Å². The van der Waals surface area contributed by atoms with Gasteiger partial charge >= 0.3 is 0 Å². The number of hydrogen-bond acceptors (Lipinski definition) is 4. The zero-order valence-electron chi connectivity index (χ0n) is 10.2. The number of halogens is 1. The minimum Gasteiger partial charge on any atom is -0.307 e. The van der Waals surface area contributed by atoms with Crippen molar-refractivity contribution in [2.75, 3.05) is 5.32 Å². The van der Waals surface area contributed by atoms with Crippen molar-refractivity contribution in [1.82, 2.24) is 14.4 Å². The molecule has 0 saturated carbocycles. The maximum absolute atomic E-state index is 11.8. The van der Waals surface area contributed by atoms with Gasteiger partial charge in [0.25, 0.3) is 0 Å². The lowest BCUT2D eigenvalue weighted by Crippen LogP contribution is -2.08. The van der Waals surface area contributed by atoms with E-state index in [1.807, 2.05) is 22.0 Å². The Morgan fingerprint density at radius 2 is 2.25 bits per heavy atom. The van der Waals surface area contributed by atoms with Crippen LogP contribution in [0, 0.1) is 0 Å². The topological polar surface area (TPSA) is 59.3 Å². The summed E-state index contributed by atoms with van der Waals surface area (Å²) in [4.78, 5) is 21.0. The second-order valence-corrected chi connectivity index (χ2v) is 5.71. The quantitative estimate of drug-likeness (QED) is 0.739. The van der Waals surface area contributed by atoms with Gasteiger partial charge in [0.05, 0.1) is 11.9 Å². The number of imidazole rings is 1. The molecule has 0 aliphatic heterocycles. The maximum Gasteiger partial charge on any atom is 0.249 e. The third-order valence-electron chi connectivity index (χ3n) is 2.56. The van der Waals surface area contributed by atoms with Gasteiger partial charge < -0.3 is 5.32 Å². The van der Waals surface area contributed by atoms with Crippen molar-refractivity contribution in [3.05, 3.63) is 52.3 Å². The summed E-state index contributed by atoms with van der Waals surface area (Å²) in [5.41, 5.74) is 0.861. The minimum absolute atomic E-state index is 0.231. The van der Waals surface area contributed by atoms with Crippen molar-refractivity contribution < 1.29 is 4.79 Å². The van der Waals surface area contributed by atoms with Crippen LogP contribution in [0.2, 0.25) is 0 Å². The summed E-state index contributed by atoms with van der Waals surface area (Å²) in [6, 6.07) is 3.55. The molecule has 20 heavy (non-hydrogen) atoms. The molecule has 0 saturated heterocycles. The van der Waals surface area contributed by atoms with E-state index in [2.05, 4.69) is 31.2 Å². The predicted octanol–water partition coefficient (Wildman–Crippen LogP) is 3.21. The van der Waals surface area contributed by atoms with Gasteiger partial charge in [-0.2, -0.15) is 0 Å². The normalized spacial score (nSPS) is 11.2. The molecule has 3 heterocycles. The van der Waals surface area contributed by atoms with Gasteiger partial charge in [0, 0.05) is 28.3 Å².